The molecular weight excluding hydrogens is 202 g/mol. The van der Waals surface area contributed by atoms with E-state index in [0.717, 1.165) is 31.1 Å². The van der Waals surface area contributed by atoms with Gasteiger partial charge in [-0.05, 0) is 24.6 Å². The maximum absolute atomic E-state index is 5.56. The van der Waals surface area contributed by atoms with Crippen molar-refractivity contribution in [2.24, 2.45) is 7.05 Å². The molecule has 0 atom stereocenters. The highest BCUT2D eigenvalue weighted by atomic mass is 35.5. The first kappa shape index (κ1) is 11.4. The Kier molecular flexibility index (Phi) is 5.47. The molecule has 0 bridgehead atoms. The lowest BCUT2D eigenvalue weighted by molar-refractivity contribution is 0.596. The number of hydrogen-bond donors (Lipinski definition) is 1. The van der Waals surface area contributed by atoms with Gasteiger partial charge in [0, 0.05) is 5.88 Å². The molecule has 0 unspecified atom stereocenters. The van der Waals surface area contributed by atoms with Gasteiger partial charge in [-0.25, -0.2) is 0 Å². The van der Waals surface area contributed by atoms with E-state index in [9.17, 15) is 0 Å². The molecule has 1 rings (SSSR count). The lowest BCUT2D eigenvalue weighted by Crippen LogP contribution is -2.15. The van der Waals surface area contributed by atoms with Crippen molar-refractivity contribution in [2.75, 3.05) is 12.4 Å². The summed E-state index contributed by atoms with van der Waals surface area (Å²) in [5.74, 6) is 1.50. The first-order valence-electron chi connectivity index (χ1n) is 4.82. The van der Waals surface area contributed by atoms with E-state index < -0.39 is 0 Å². The maximum atomic E-state index is 5.56. The third kappa shape index (κ3) is 4.53. The summed E-state index contributed by atoms with van der Waals surface area (Å²) in [7, 11) is 1.76. The SMILES string of the molecule is Cn1nnc(CNCCCCCCl)n1. The molecule has 14 heavy (non-hydrogen) atoms. The summed E-state index contributed by atoms with van der Waals surface area (Å²) in [5.41, 5.74) is 0. The second kappa shape index (κ2) is 6.73. The largest absolute Gasteiger partial charge is 0.310 e. The third-order valence-electron chi connectivity index (χ3n) is 1.82. The summed E-state index contributed by atoms with van der Waals surface area (Å²) in [6.07, 6.45) is 3.41. The lowest BCUT2D eigenvalue weighted by atomic mass is 10.2. The van der Waals surface area contributed by atoms with Crippen LogP contribution in [0, 0.1) is 0 Å². The number of rotatable bonds is 7. The molecule has 0 aliphatic heterocycles. The molecule has 0 radical (unpaired) electrons. The first-order chi connectivity index (χ1) is 6.83. The molecule has 5 nitrogen and oxygen atoms in total. The van der Waals surface area contributed by atoms with E-state index in [1.54, 1.807) is 7.05 Å². The van der Waals surface area contributed by atoms with Crippen molar-refractivity contribution >= 4 is 11.6 Å². The van der Waals surface area contributed by atoms with Crippen molar-refractivity contribution in [3.8, 4) is 0 Å². The molecule has 6 heteroatoms. The van der Waals surface area contributed by atoms with E-state index in [-0.39, 0.29) is 0 Å². The average molecular weight is 218 g/mol. The van der Waals surface area contributed by atoms with Gasteiger partial charge in [-0.15, -0.1) is 21.8 Å². The Morgan fingerprint density at radius 3 is 2.86 bits per heavy atom. The lowest BCUT2D eigenvalue weighted by Gasteiger charge is -2.00. The standard InChI is InChI=1S/C8H16ClN5/c1-14-12-8(11-13-14)7-10-6-4-2-3-5-9/h10H,2-7H2,1H3. The van der Waals surface area contributed by atoms with E-state index in [0.29, 0.717) is 6.54 Å². The van der Waals surface area contributed by atoms with Gasteiger partial charge in [0.05, 0.1) is 13.6 Å². The highest BCUT2D eigenvalue weighted by Gasteiger charge is 1.98. The first-order valence-corrected chi connectivity index (χ1v) is 5.36. The van der Waals surface area contributed by atoms with Gasteiger partial charge >= 0.3 is 0 Å². The number of hydrogen-bond acceptors (Lipinski definition) is 4. The zero-order chi connectivity index (χ0) is 10.2. The Bertz CT molecular complexity index is 250. The van der Waals surface area contributed by atoms with Gasteiger partial charge in [0.25, 0.3) is 0 Å². The van der Waals surface area contributed by atoms with Crippen molar-refractivity contribution in [3.63, 3.8) is 0 Å². The van der Waals surface area contributed by atoms with Crippen LogP contribution in [0.1, 0.15) is 25.1 Å². The van der Waals surface area contributed by atoms with Crippen LogP contribution in [0.5, 0.6) is 0 Å². The maximum Gasteiger partial charge on any atom is 0.188 e. The van der Waals surface area contributed by atoms with Crippen molar-refractivity contribution in [1.82, 2.24) is 25.5 Å². The summed E-state index contributed by atoms with van der Waals surface area (Å²) in [5, 5.41) is 14.9. The quantitative estimate of drug-likeness (QED) is 0.540. The molecule has 80 valence electrons. The normalized spacial score (nSPS) is 10.7. The molecule has 1 aromatic rings. The average Bonchev–Trinajstić information content (AvgIpc) is 2.58. The summed E-state index contributed by atoms with van der Waals surface area (Å²) in [6.45, 7) is 1.67. The molecule has 0 aliphatic carbocycles. The molecule has 0 fully saturated rings. The van der Waals surface area contributed by atoms with Crippen molar-refractivity contribution < 1.29 is 0 Å². The Morgan fingerprint density at radius 1 is 1.36 bits per heavy atom. The summed E-state index contributed by atoms with van der Waals surface area (Å²) < 4.78 is 0. The van der Waals surface area contributed by atoms with Crippen LogP contribution >= 0.6 is 11.6 Å². The fraction of sp³-hybridized carbons (Fsp3) is 0.875. The Hall–Kier alpha value is -0.680. The smallest absolute Gasteiger partial charge is 0.188 e. The molecule has 0 saturated carbocycles. The van der Waals surface area contributed by atoms with Crippen molar-refractivity contribution in [2.45, 2.75) is 25.8 Å². The minimum absolute atomic E-state index is 0.689. The van der Waals surface area contributed by atoms with Gasteiger partial charge in [0.15, 0.2) is 5.82 Å². The summed E-state index contributed by atoms with van der Waals surface area (Å²) in [4.78, 5) is 1.46. The number of aromatic nitrogens is 4. The van der Waals surface area contributed by atoms with Crippen LogP contribution in [0.15, 0.2) is 0 Å². The van der Waals surface area contributed by atoms with Crippen LogP contribution in [0.2, 0.25) is 0 Å². The molecule has 0 spiro atoms. The van der Waals surface area contributed by atoms with E-state index >= 15 is 0 Å². The zero-order valence-corrected chi connectivity index (χ0v) is 9.17. The number of nitrogens with zero attached hydrogens (tertiary/aromatic N) is 4. The van der Waals surface area contributed by atoms with Crippen LogP contribution in [0.4, 0.5) is 0 Å². The minimum Gasteiger partial charge on any atom is -0.310 e. The predicted octanol–water partition coefficient (Wildman–Crippen LogP) is 0.709. The number of aryl methyl sites for hydroxylation is 1. The zero-order valence-electron chi connectivity index (χ0n) is 8.41. The molecule has 0 saturated heterocycles. The van der Waals surface area contributed by atoms with Crippen LogP contribution in [0.3, 0.4) is 0 Å². The molecule has 1 aromatic heterocycles. The number of tetrazole rings is 1. The van der Waals surface area contributed by atoms with E-state index in [1.807, 2.05) is 0 Å². The molecular formula is C8H16ClN5. The van der Waals surface area contributed by atoms with E-state index in [4.69, 9.17) is 11.6 Å². The molecule has 0 aliphatic rings. The number of unbranched alkanes of at least 4 members (excludes halogenated alkanes) is 2. The van der Waals surface area contributed by atoms with Crippen LogP contribution in [-0.2, 0) is 13.6 Å². The Balaban J connectivity index is 1.99. The number of halogens is 1. The Labute approximate surface area is 88.8 Å². The second-order valence-corrected chi connectivity index (χ2v) is 3.50. The van der Waals surface area contributed by atoms with Gasteiger partial charge in [-0.2, -0.15) is 4.80 Å². The summed E-state index contributed by atoms with van der Waals surface area (Å²) in [6, 6.07) is 0. The van der Waals surface area contributed by atoms with Gasteiger partial charge in [-0.1, -0.05) is 6.42 Å². The van der Waals surface area contributed by atoms with Gasteiger partial charge < -0.3 is 5.32 Å². The van der Waals surface area contributed by atoms with E-state index in [1.165, 1.54) is 11.2 Å². The van der Waals surface area contributed by atoms with Crippen LogP contribution in [-0.4, -0.2) is 32.6 Å². The molecule has 1 heterocycles. The van der Waals surface area contributed by atoms with Crippen molar-refractivity contribution in [1.29, 1.82) is 0 Å². The molecule has 0 amide bonds. The molecule has 1 N–H and O–H groups in total. The second-order valence-electron chi connectivity index (χ2n) is 3.12. The van der Waals surface area contributed by atoms with Crippen LogP contribution < -0.4 is 5.32 Å². The number of alkyl halides is 1. The van der Waals surface area contributed by atoms with Gasteiger partial charge in [0.2, 0.25) is 0 Å². The van der Waals surface area contributed by atoms with E-state index in [2.05, 4.69) is 20.7 Å². The predicted molar refractivity (Wildman–Crippen MR) is 55.1 cm³/mol. The topological polar surface area (TPSA) is 55.6 Å². The third-order valence-corrected chi connectivity index (χ3v) is 2.09. The van der Waals surface area contributed by atoms with Gasteiger partial charge in [0.1, 0.15) is 0 Å². The van der Waals surface area contributed by atoms with Gasteiger partial charge in [-0.3, -0.25) is 0 Å². The summed E-state index contributed by atoms with van der Waals surface area (Å²) >= 11 is 5.56. The highest BCUT2D eigenvalue weighted by Crippen LogP contribution is 1.95. The fourth-order valence-corrected chi connectivity index (χ4v) is 1.30. The van der Waals surface area contributed by atoms with Crippen molar-refractivity contribution in [3.05, 3.63) is 5.82 Å². The fourth-order valence-electron chi connectivity index (χ4n) is 1.12. The Morgan fingerprint density at radius 2 is 2.21 bits per heavy atom. The monoisotopic (exact) mass is 217 g/mol. The molecule has 0 aromatic carbocycles. The number of nitrogens with one attached hydrogen (secondary N) is 1. The highest BCUT2D eigenvalue weighted by molar-refractivity contribution is 6.17. The minimum atomic E-state index is 0.689. The van der Waals surface area contributed by atoms with Crippen LogP contribution in [0.25, 0.3) is 0 Å².